The van der Waals surface area contributed by atoms with E-state index in [1.807, 2.05) is 22.7 Å². The van der Waals surface area contributed by atoms with Crippen molar-refractivity contribution in [3.63, 3.8) is 0 Å². The number of hydrogen-bond acceptors (Lipinski definition) is 2. The van der Waals surface area contributed by atoms with Gasteiger partial charge >= 0.3 is 0 Å². The second kappa shape index (κ2) is 2.99. The molecule has 2 heterocycles. The highest BCUT2D eigenvalue weighted by Gasteiger charge is 2.22. The first-order chi connectivity index (χ1) is 6.89. The average molecular weight is 203 g/mol. The van der Waals surface area contributed by atoms with Crippen LogP contribution in [0.3, 0.4) is 0 Å². The van der Waals surface area contributed by atoms with Crippen molar-refractivity contribution in [2.45, 2.75) is 33.1 Å². The second-order valence-electron chi connectivity index (χ2n) is 5.03. The second-order valence-corrected chi connectivity index (χ2v) is 5.03. The van der Waals surface area contributed by atoms with E-state index in [0.29, 0.717) is 0 Å². The lowest BCUT2D eigenvalue weighted by Crippen LogP contribution is -2.14. The van der Waals surface area contributed by atoms with E-state index in [0.717, 1.165) is 17.2 Å². The number of aromatic nitrogens is 2. The monoisotopic (exact) mass is 203 g/mol. The quantitative estimate of drug-likeness (QED) is 0.715. The van der Waals surface area contributed by atoms with Crippen molar-refractivity contribution in [1.82, 2.24) is 9.38 Å². The summed E-state index contributed by atoms with van der Waals surface area (Å²) in [5, 5.41) is 0. The van der Waals surface area contributed by atoms with Gasteiger partial charge in [-0.25, -0.2) is 4.98 Å². The molecule has 0 unspecified atom stereocenters. The Hall–Kier alpha value is -1.51. The number of nitrogens with zero attached hydrogens (tertiary/aromatic N) is 2. The molecule has 0 radical (unpaired) electrons. The van der Waals surface area contributed by atoms with E-state index in [1.165, 1.54) is 5.56 Å². The summed E-state index contributed by atoms with van der Waals surface area (Å²) >= 11 is 0. The van der Waals surface area contributed by atoms with E-state index in [9.17, 15) is 0 Å². The van der Waals surface area contributed by atoms with Gasteiger partial charge in [-0.05, 0) is 24.6 Å². The van der Waals surface area contributed by atoms with Crippen molar-refractivity contribution in [2.75, 3.05) is 5.73 Å². The van der Waals surface area contributed by atoms with Crippen molar-refractivity contribution in [3.05, 3.63) is 29.6 Å². The highest BCUT2D eigenvalue weighted by atomic mass is 15.1. The molecular weight excluding hydrogens is 186 g/mol. The lowest BCUT2D eigenvalue weighted by Gasteiger charge is -2.15. The van der Waals surface area contributed by atoms with Crippen LogP contribution < -0.4 is 5.73 Å². The third kappa shape index (κ3) is 1.58. The van der Waals surface area contributed by atoms with Crippen LogP contribution in [0.1, 0.15) is 32.0 Å². The molecule has 80 valence electrons. The first-order valence-electron chi connectivity index (χ1n) is 5.14. The Labute approximate surface area is 89.9 Å². The van der Waals surface area contributed by atoms with E-state index in [2.05, 4.69) is 32.7 Å². The van der Waals surface area contributed by atoms with E-state index in [-0.39, 0.29) is 5.41 Å². The number of hydrogen-bond donors (Lipinski definition) is 1. The van der Waals surface area contributed by atoms with Crippen LogP contribution in [0.4, 0.5) is 5.82 Å². The Kier molecular flexibility index (Phi) is 2.00. The molecule has 0 saturated carbocycles. The first kappa shape index (κ1) is 10.0. The molecule has 0 aliphatic heterocycles. The van der Waals surface area contributed by atoms with Crippen LogP contribution in [0.2, 0.25) is 0 Å². The molecule has 15 heavy (non-hydrogen) atoms. The number of pyridine rings is 1. The highest BCUT2D eigenvalue weighted by molar-refractivity contribution is 5.55. The van der Waals surface area contributed by atoms with Gasteiger partial charge in [-0.2, -0.15) is 0 Å². The molecular formula is C12H17N3. The predicted molar refractivity (Wildman–Crippen MR) is 63.0 cm³/mol. The van der Waals surface area contributed by atoms with Crippen molar-refractivity contribution in [3.8, 4) is 0 Å². The summed E-state index contributed by atoms with van der Waals surface area (Å²) in [5.41, 5.74) is 9.16. The normalized spacial score (nSPS) is 12.3. The fourth-order valence-corrected chi connectivity index (χ4v) is 1.72. The molecule has 0 bridgehead atoms. The molecule has 0 aromatic carbocycles. The molecule has 2 aromatic heterocycles. The summed E-state index contributed by atoms with van der Waals surface area (Å²) in [6.45, 7) is 8.43. The summed E-state index contributed by atoms with van der Waals surface area (Å²) in [7, 11) is 0. The Bertz CT molecular complexity index is 503. The van der Waals surface area contributed by atoms with Gasteiger partial charge in [0.05, 0.1) is 5.69 Å². The standard InChI is InChI=1S/C12H17N3/c1-8-5-6-15-9(7-8)14-10(11(15)13)12(2,3)4/h5-7H,13H2,1-4H3. The van der Waals surface area contributed by atoms with Crippen LogP contribution in [-0.4, -0.2) is 9.38 Å². The van der Waals surface area contributed by atoms with Crippen molar-refractivity contribution in [2.24, 2.45) is 0 Å². The van der Waals surface area contributed by atoms with Crippen LogP contribution in [-0.2, 0) is 5.41 Å². The number of nitrogens with two attached hydrogens (primary N) is 1. The Balaban J connectivity index is 2.75. The largest absolute Gasteiger partial charge is 0.383 e. The predicted octanol–water partition coefficient (Wildman–Crippen LogP) is 2.52. The van der Waals surface area contributed by atoms with Crippen LogP contribution in [0.15, 0.2) is 18.3 Å². The minimum atomic E-state index is -0.00991. The molecule has 0 saturated heterocycles. The lowest BCUT2D eigenvalue weighted by molar-refractivity contribution is 0.576. The van der Waals surface area contributed by atoms with Crippen LogP contribution >= 0.6 is 0 Å². The number of anilines is 1. The topological polar surface area (TPSA) is 43.3 Å². The Morgan fingerprint density at radius 2 is 2.00 bits per heavy atom. The van der Waals surface area contributed by atoms with Gasteiger partial charge in [0.25, 0.3) is 0 Å². The minimum absolute atomic E-state index is 0.00991. The summed E-state index contributed by atoms with van der Waals surface area (Å²) in [4.78, 5) is 4.58. The SMILES string of the molecule is Cc1ccn2c(N)c(C(C)(C)C)nc2c1. The number of aryl methyl sites for hydroxylation is 1. The van der Waals surface area contributed by atoms with E-state index >= 15 is 0 Å². The summed E-state index contributed by atoms with van der Waals surface area (Å²) in [5.74, 6) is 0.748. The molecule has 0 fully saturated rings. The number of fused-ring (bicyclic) bond motifs is 1. The van der Waals surface area contributed by atoms with Crippen molar-refractivity contribution >= 4 is 11.5 Å². The van der Waals surface area contributed by atoms with Crippen molar-refractivity contribution in [1.29, 1.82) is 0 Å². The van der Waals surface area contributed by atoms with Crippen LogP contribution in [0, 0.1) is 6.92 Å². The maximum atomic E-state index is 6.08. The van der Waals surface area contributed by atoms with Gasteiger partial charge in [0.2, 0.25) is 0 Å². The molecule has 3 nitrogen and oxygen atoms in total. The average Bonchev–Trinajstić information content (AvgIpc) is 2.42. The van der Waals surface area contributed by atoms with E-state index < -0.39 is 0 Å². The van der Waals surface area contributed by atoms with Gasteiger partial charge in [0, 0.05) is 11.6 Å². The highest BCUT2D eigenvalue weighted by Crippen LogP contribution is 2.27. The Morgan fingerprint density at radius 1 is 1.33 bits per heavy atom. The van der Waals surface area contributed by atoms with Crippen LogP contribution in [0.5, 0.6) is 0 Å². The van der Waals surface area contributed by atoms with E-state index in [4.69, 9.17) is 5.73 Å². The Morgan fingerprint density at radius 3 is 2.60 bits per heavy atom. The van der Waals surface area contributed by atoms with Gasteiger partial charge in [0.15, 0.2) is 0 Å². The maximum Gasteiger partial charge on any atom is 0.138 e. The smallest absolute Gasteiger partial charge is 0.138 e. The zero-order chi connectivity index (χ0) is 11.2. The van der Waals surface area contributed by atoms with Gasteiger partial charge in [-0.15, -0.1) is 0 Å². The van der Waals surface area contributed by atoms with Crippen LogP contribution in [0.25, 0.3) is 5.65 Å². The fourth-order valence-electron chi connectivity index (χ4n) is 1.72. The third-order valence-electron chi connectivity index (χ3n) is 2.53. The third-order valence-corrected chi connectivity index (χ3v) is 2.53. The summed E-state index contributed by atoms with van der Waals surface area (Å²) in [6.07, 6.45) is 1.97. The number of rotatable bonds is 0. The van der Waals surface area contributed by atoms with Gasteiger partial charge in [-0.1, -0.05) is 20.8 Å². The molecule has 0 aliphatic carbocycles. The molecule has 0 spiro atoms. The zero-order valence-electron chi connectivity index (χ0n) is 9.70. The molecule has 0 amide bonds. The van der Waals surface area contributed by atoms with Gasteiger partial charge in [-0.3, -0.25) is 4.40 Å². The zero-order valence-corrected chi connectivity index (χ0v) is 9.70. The first-order valence-corrected chi connectivity index (χ1v) is 5.14. The van der Waals surface area contributed by atoms with E-state index in [1.54, 1.807) is 0 Å². The molecule has 2 rings (SSSR count). The lowest BCUT2D eigenvalue weighted by atomic mass is 9.92. The number of nitrogen functional groups attached to an aromatic ring is 1. The fraction of sp³-hybridized carbons (Fsp3) is 0.417. The molecule has 2 N–H and O–H groups in total. The maximum absolute atomic E-state index is 6.08. The number of imidazole rings is 1. The van der Waals surface area contributed by atoms with Gasteiger partial charge < -0.3 is 5.73 Å². The summed E-state index contributed by atoms with van der Waals surface area (Å²) < 4.78 is 1.94. The molecule has 0 atom stereocenters. The molecule has 0 aliphatic rings. The van der Waals surface area contributed by atoms with Gasteiger partial charge in [0.1, 0.15) is 11.5 Å². The molecule has 3 heteroatoms. The van der Waals surface area contributed by atoms with Crippen molar-refractivity contribution < 1.29 is 0 Å². The summed E-state index contributed by atoms with van der Waals surface area (Å²) in [6, 6.07) is 4.09. The molecule has 2 aromatic rings. The minimum Gasteiger partial charge on any atom is -0.383 e.